The fourth-order valence-electron chi connectivity index (χ4n) is 1.73. The number of amides is 1. The Labute approximate surface area is 117 Å². The molecule has 2 aromatic carbocycles. The van der Waals surface area contributed by atoms with Crippen LogP contribution in [0.1, 0.15) is 21.5 Å². The summed E-state index contributed by atoms with van der Waals surface area (Å²) in [6.45, 7) is 4.13. The average molecular weight is 272 g/mol. The second-order valence-electron chi connectivity index (χ2n) is 4.47. The van der Waals surface area contributed by atoms with Crippen molar-refractivity contribution < 1.29 is 4.79 Å². The Morgan fingerprint density at radius 2 is 1.79 bits per heavy atom. The molecule has 0 spiro atoms. The first-order valence-corrected chi connectivity index (χ1v) is 6.73. The zero-order valence-electron chi connectivity index (χ0n) is 10.9. The van der Waals surface area contributed by atoms with Crippen LogP contribution >= 0.6 is 11.8 Å². The quantitative estimate of drug-likeness (QED) is 0.843. The first kappa shape index (κ1) is 13.5. The Kier molecular flexibility index (Phi) is 3.81. The van der Waals surface area contributed by atoms with E-state index >= 15 is 0 Å². The lowest BCUT2D eigenvalue weighted by atomic mass is 10.1. The van der Waals surface area contributed by atoms with Gasteiger partial charge in [0.1, 0.15) is 0 Å². The van der Waals surface area contributed by atoms with Gasteiger partial charge in [0.15, 0.2) is 0 Å². The fraction of sp³-hybridized carbons (Fsp3) is 0.133. The third-order valence-corrected chi connectivity index (χ3v) is 4.02. The van der Waals surface area contributed by atoms with Gasteiger partial charge in [-0.3, -0.25) is 4.79 Å². The van der Waals surface area contributed by atoms with E-state index in [1.807, 2.05) is 6.07 Å². The van der Waals surface area contributed by atoms with Crippen LogP contribution in [0.2, 0.25) is 0 Å². The maximum absolute atomic E-state index is 11.4. The zero-order valence-corrected chi connectivity index (χ0v) is 11.8. The number of carbonyl (C=O) groups excluding carboxylic acids is 1. The Hall–Kier alpha value is -1.94. The molecular formula is C15H16N2OS. The molecule has 0 fully saturated rings. The number of benzene rings is 2. The van der Waals surface area contributed by atoms with Crippen molar-refractivity contribution in [2.75, 3.05) is 5.73 Å². The Bertz CT molecular complexity index is 638. The molecule has 0 unspecified atom stereocenters. The van der Waals surface area contributed by atoms with E-state index < -0.39 is 5.91 Å². The molecule has 0 aliphatic heterocycles. The van der Waals surface area contributed by atoms with Crippen LogP contribution in [-0.4, -0.2) is 5.91 Å². The van der Waals surface area contributed by atoms with Crippen LogP contribution in [0.3, 0.4) is 0 Å². The Balaban J connectivity index is 2.39. The summed E-state index contributed by atoms with van der Waals surface area (Å²) in [6, 6.07) is 11.3. The minimum atomic E-state index is -0.439. The van der Waals surface area contributed by atoms with Crippen molar-refractivity contribution in [1.29, 1.82) is 0 Å². The number of anilines is 1. The summed E-state index contributed by atoms with van der Waals surface area (Å²) in [4.78, 5) is 13.3. The maximum atomic E-state index is 11.4. The molecule has 2 aromatic rings. The number of carbonyl (C=O) groups is 1. The van der Waals surface area contributed by atoms with Crippen molar-refractivity contribution in [3.8, 4) is 0 Å². The van der Waals surface area contributed by atoms with Crippen LogP contribution in [0.15, 0.2) is 46.2 Å². The molecule has 0 aromatic heterocycles. The molecule has 0 saturated carbocycles. The van der Waals surface area contributed by atoms with E-state index in [1.165, 1.54) is 22.9 Å². The van der Waals surface area contributed by atoms with Gasteiger partial charge in [-0.1, -0.05) is 17.8 Å². The molecular weight excluding hydrogens is 256 g/mol. The van der Waals surface area contributed by atoms with Gasteiger partial charge < -0.3 is 11.5 Å². The van der Waals surface area contributed by atoms with E-state index in [0.717, 1.165) is 9.79 Å². The van der Waals surface area contributed by atoms with Crippen LogP contribution < -0.4 is 11.5 Å². The molecule has 0 radical (unpaired) electrons. The van der Waals surface area contributed by atoms with Gasteiger partial charge in [-0.15, -0.1) is 0 Å². The Morgan fingerprint density at radius 1 is 1.05 bits per heavy atom. The molecule has 4 heteroatoms. The molecule has 0 aliphatic rings. The zero-order chi connectivity index (χ0) is 14.0. The molecule has 0 bridgehead atoms. The molecule has 1 amide bonds. The number of rotatable bonds is 3. The van der Waals surface area contributed by atoms with E-state index in [4.69, 9.17) is 11.5 Å². The molecule has 0 atom stereocenters. The summed E-state index contributed by atoms with van der Waals surface area (Å²) in [5.74, 6) is -0.439. The summed E-state index contributed by atoms with van der Waals surface area (Å²) >= 11 is 1.50. The molecule has 2 rings (SSSR count). The van der Waals surface area contributed by atoms with E-state index in [0.29, 0.717) is 11.3 Å². The topological polar surface area (TPSA) is 69.1 Å². The van der Waals surface area contributed by atoms with Gasteiger partial charge in [0.2, 0.25) is 5.91 Å². The number of primary amides is 1. The van der Waals surface area contributed by atoms with E-state index in [2.05, 4.69) is 26.0 Å². The largest absolute Gasteiger partial charge is 0.399 e. The molecule has 98 valence electrons. The molecule has 4 N–H and O–H groups in total. The molecule has 0 saturated heterocycles. The van der Waals surface area contributed by atoms with Gasteiger partial charge in [0.25, 0.3) is 0 Å². The van der Waals surface area contributed by atoms with Crippen LogP contribution in [0, 0.1) is 13.8 Å². The standard InChI is InChI=1S/C15H16N2OS/c1-9-3-5-12(7-10(9)2)19-14-8-11(16)4-6-13(14)15(17)18/h3-8H,16H2,1-2H3,(H2,17,18). The second-order valence-corrected chi connectivity index (χ2v) is 5.58. The first-order valence-electron chi connectivity index (χ1n) is 5.92. The van der Waals surface area contributed by atoms with E-state index in [-0.39, 0.29) is 0 Å². The van der Waals surface area contributed by atoms with Gasteiger partial charge >= 0.3 is 0 Å². The fourth-order valence-corrected chi connectivity index (χ4v) is 2.83. The third kappa shape index (κ3) is 3.09. The summed E-state index contributed by atoms with van der Waals surface area (Å²) in [5, 5.41) is 0. The molecule has 0 heterocycles. The van der Waals surface area contributed by atoms with Crippen molar-refractivity contribution >= 4 is 23.4 Å². The van der Waals surface area contributed by atoms with Crippen LogP contribution in [0.25, 0.3) is 0 Å². The summed E-state index contributed by atoms with van der Waals surface area (Å²) in [7, 11) is 0. The van der Waals surface area contributed by atoms with Gasteiger partial charge in [-0.05, 0) is 55.3 Å². The van der Waals surface area contributed by atoms with Crippen molar-refractivity contribution in [1.82, 2.24) is 0 Å². The summed E-state index contributed by atoms with van der Waals surface area (Å²) in [5.41, 5.74) is 14.7. The SMILES string of the molecule is Cc1ccc(Sc2cc(N)ccc2C(N)=O)cc1C. The third-order valence-electron chi connectivity index (χ3n) is 2.98. The van der Waals surface area contributed by atoms with Crippen molar-refractivity contribution in [3.63, 3.8) is 0 Å². The van der Waals surface area contributed by atoms with Gasteiger partial charge in [0.05, 0.1) is 5.56 Å². The van der Waals surface area contributed by atoms with Crippen molar-refractivity contribution in [2.45, 2.75) is 23.6 Å². The number of hydrogen-bond acceptors (Lipinski definition) is 3. The lowest BCUT2D eigenvalue weighted by Gasteiger charge is -2.09. The van der Waals surface area contributed by atoms with Crippen LogP contribution in [0.5, 0.6) is 0 Å². The number of nitrogen functional groups attached to an aromatic ring is 1. The molecule has 0 aliphatic carbocycles. The van der Waals surface area contributed by atoms with Crippen LogP contribution in [0.4, 0.5) is 5.69 Å². The lowest BCUT2D eigenvalue weighted by Crippen LogP contribution is -2.12. The van der Waals surface area contributed by atoms with Gasteiger partial charge in [-0.2, -0.15) is 0 Å². The number of aryl methyl sites for hydroxylation is 2. The highest BCUT2D eigenvalue weighted by Gasteiger charge is 2.10. The molecule has 19 heavy (non-hydrogen) atoms. The van der Waals surface area contributed by atoms with Gasteiger partial charge in [-0.25, -0.2) is 0 Å². The number of hydrogen-bond donors (Lipinski definition) is 2. The Morgan fingerprint density at radius 3 is 2.42 bits per heavy atom. The highest BCUT2D eigenvalue weighted by molar-refractivity contribution is 7.99. The van der Waals surface area contributed by atoms with E-state index in [9.17, 15) is 4.79 Å². The van der Waals surface area contributed by atoms with Crippen LogP contribution in [-0.2, 0) is 0 Å². The lowest BCUT2D eigenvalue weighted by molar-refractivity contribution is 0.0997. The van der Waals surface area contributed by atoms with E-state index in [1.54, 1.807) is 18.2 Å². The minimum Gasteiger partial charge on any atom is -0.399 e. The summed E-state index contributed by atoms with van der Waals surface area (Å²) < 4.78 is 0. The predicted octanol–water partition coefficient (Wildman–Crippen LogP) is 3.14. The highest BCUT2D eigenvalue weighted by Crippen LogP contribution is 2.32. The summed E-state index contributed by atoms with van der Waals surface area (Å²) in [6.07, 6.45) is 0. The smallest absolute Gasteiger partial charge is 0.249 e. The van der Waals surface area contributed by atoms with Crippen molar-refractivity contribution in [2.24, 2.45) is 5.73 Å². The number of nitrogens with two attached hydrogens (primary N) is 2. The minimum absolute atomic E-state index is 0.439. The highest BCUT2D eigenvalue weighted by atomic mass is 32.2. The maximum Gasteiger partial charge on any atom is 0.249 e. The first-order chi connectivity index (χ1) is 8.97. The molecule has 3 nitrogen and oxygen atoms in total. The average Bonchev–Trinajstić information content (AvgIpc) is 2.33. The normalized spacial score (nSPS) is 10.4. The van der Waals surface area contributed by atoms with Gasteiger partial charge in [0, 0.05) is 15.5 Å². The van der Waals surface area contributed by atoms with Crippen molar-refractivity contribution in [3.05, 3.63) is 53.1 Å². The second kappa shape index (κ2) is 5.36. The monoisotopic (exact) mass is 272 g/mol. The predicted molar refractivity (Wildman–Crippen MR) is 79.4 cm³/mol.